The van der Waals surface area contributed by atoms with E-state index in [1.807, 2.05) is 67.2 Å². The summed E-state index contributed by atoms with van der Waals surface area (Å²) in [4.78, 5) is 27.6. The molecular formula is C30H32N8O. The zero-order valence-electron chi connectivity index (χ0n) is 22.5. The number of pyridine rings is 1. The van der Waals surface area contributed by atoms with Gasteiger partial charge in [0, 0.05) is 74.5 Å². The van der Waals surface area contributed by atoms with Gasteiger partial charge in [-0.3, -0.25) is 14.0 Å². The molecule has 0 radical (unpaired) electrons. The Morgan fingerprint density at radius 3 is 2.28 bits per heavy atom. The number of aryl methyl sites for hydroxylation is 2. The minimum Gasteiger partial charge on any atom is -0.369 e. The van der Waals surface area contributed by atoms with Crippen molar-refractivity contribution in [3.63, 3.8) is 0 Å². The quantitative estimate of drug-likeness (QED) is 0.356. The molecule has 5 aromatic rings. The first kappa shape index (κ1) is 24.8. The molecule has 0 unspecified atom stereocenters. The first-order chi connectivity index (χ1) is 19.0. The van der Waals surface area contributed by atoms with E-state index in [-0.39, 0.29) is 5.56 Å². The molecule has 6 rings (SSSR count). The van der Waals surface area contributed by atoms with Gasteiger partial charge >= 0.3 is 0 Å². The second-order valence-corrected chi connectivity index (χ2v) is 9.96. The van der Waals surface area contributed by atoms with Crippen LogP contribution in [0.1, 0.15) is 6.92 Å². The molecule has 1 aliphatic heterocycles. The normalized spacial score (nSPS) is 14.2. The van der Waals surface area contributed by atoms with Crippen molar-refractivity contribution in [3.05, 3.63) is 83.4 Å². The Labute approximate surface area is 227 Å². The van der Waals surface area contributed by atoms with Crippen molar-refractivity contribution in [2.24, 2.45) is 7.05 Å². The van der Waals surface area contributed by atoms with Crippen LogP contribution in [0.2, 0.25) is 0 Å². The van der Waals surface area contributed by atoms with Crippen molar-refractivity contribution in [2.75, 3.05) is 43.4 Å². The van der Waals surface area contributed by atoms with Gasteiger partial charge in [-0.2, -0.15) is 10.1 Å². The maximum absolute atomic E-state index is 13.5. The number of nitrogens with zero attached hydrogens (tertiary/aromatic N) is 7. The minimum atomic E-state index is -0.0699. The molecule has 9 heteroatoms. The average Bonchev–Trinajstić information content (AvgIpc) is 3.39. The fourth-order valence-corrected chi connectivity index (χ4v) is 5.15. The molecule has 198 valence electrons. The first-order valence-electron chi connectivity index (χ1n) is 13.3. The molecule has 0 bridgehead atoms. The molecule has 1 aliphatic rings. The highest BCUT2D eigenvalue weighted by Crippen LogP contribution is 2.26. The molecule has 0 saturated carbocycles. The lowest BCUT2D eigenvalue weighted by molar-refractivity contribution is 0.313. The van der Waals surface area contributed by atoms with Crippen LogP contribution in [0.4, 0.5) is 17.3 Å². The molecule has 9 nitrogen and oxygen atoms in total. The standard InChI is InChI=1S/C30H32N8O/c1-4-38-28-23(19-26(29(38)39)21-5-7-22(8-6-21)27-13-14-32-36(27)3)20-31-30(34-28)33-24-9-11-25(12-10-24)37-17-15-35(2)16-18-37/h5-14,19-20H,4,15-18H2,1-3H3,(H,31,33,34). The van der Waals surface area contributed by atoms with Gasteiger partial charge < -0.3 is 15.1 Å². The number of aromatic nitrogens is 5. The van der Waals surface area contributed by atoms with E-state index in [0.717, 1.165) is 54.1 Å². The Balaban J connectivity index is 1.26. The van der Waals surface area contributed by atoms with Crippen molar-refractivity contribution in [2.45, 2.75) is 13.5 Å². The molecular weight excluding hydrogens is 488 g/mol. The number of benzene rings is 2. The third kappa shape index (κ3) is 4.88. The fraction of sp³-hybridized carbons (Fsp3) is 0.267. The predicted molar refractivity (Wildman–Crippen MR) is 157 cm³/mol. The summed E-state index contributed by atoms with van der Waals surface area (Å²) in [6, 6.07) is 20.2. The van der Waals surface area contributed by atoms with Crippen LogP contribution < -0.4 is 15.8 Å². The first-order valence-corrected chi connectivity index (χ1v) is 13.3. The number of fused-ring (bicyclic) bond motifs is 1. The molecule has 4 heterocycles. The van der Waals surface area contributed by atoms with E-state index in [2.05, 4.69) is 44.4 Å². The number of hydrogen-bond donors (Lipinski definition) is 1. The van der Waals surface area contributed by atoms with Crippen LogP contribution in [0.15, 0.2) is 77.9 Å². The Kier molecular flexibility index (Phi) is 6.58. The van der Waals surface area contributed by atoms with Crippen LogP contribution in [0, 0.1) is 0 Å². The highest BCUT2D eigenvalue weighted by molar-refractivity contribution is 5.82. The highest BCUT2D eigenvalue weighted by atomic mass is 16.1. The van der Waals surface area contributed by atoms with Gasteiger partial charge in [0.05, 0.1) is 5.69 Å². The number of anilines is 3. The summed E-state index contributed by atoms with van der Waals surface area (Å²) in [5.74, 6) is 0.463. The van der Waals surface area contributed by atoms with E-state index in [9.17, 15) is 4.79 Å². The molecule has 0 amide bonds. The second-order valence-electron chi connectivity index (χ2n) is 9.96. The Hall–Kier alpha value is -4.50. The lowest BCUT2D eigenvalue weighted by Gasteiger charge is -2.34. The van der Waals surface area contributed by atoms with Crippen LogP contribution in [-0.4, -0.2) is 62.4 Å². The predicted octanol–water partition coefficient (Wildman–Crippen LogP) is 4.37. The molecule has 1 N–H and O–H groups in total. The molecule has 1 saturated heterocycles. The topological polar surface area (TPSA) is 84.1 Å². The van der Waals surface area contributed by atoms with Crippen molar-refractivity contribution < 1.29 is 0 Å². The van der Waals surface area contributed by atoms with E-state index in [4.69, 9.17) is 4.98 Å². The van der Waals surface area contributed by atoms with Gasteiger partial charge in [0.15, 0.2) is 0 Å². The second kappa shape index (κ2) is 10.3. The fourth-order valence-electron chi connectivity index (χ4n) is 5.15. The van der Waals surface area contributed by atoms with Gasteiger partial charge in [-0.1, -0.05) is 24.3 Å². The van der Waals surface area contributed by atoms with E-state index < -0.39 is 0 Å². The van der Waals surface area contributed by atoms with Crippen LogP contribution in [0.3, 0.4) is 0 Å². The molecule has 0 spiro atoms. The summed E-state index contributed by atoms with van der Waals surface area (Å²) in [7, 11) is 4.08. The van der Waals surface area contributed by atoms with Crippen LogP contribution in [0.25, 0.3) is 33.4 Å². The lowest BCUT2D eigenvalue weighted by atomic mass is 10.0. The van der Waals surface area contributed by atoms with Crippen LogP contribution >= 0.6 is 0 Å². The molecule has 0 aliphatic carbocycles. The van der Waals surface area contributed by atoms with Gasteiger partial charge in [-0.05, 0) is 61.5 Å². The van der Waals surface area contributed by atoms with E-state index in [1.54, 1.807) is 17.0 Å². The molecule has 2 aromatic carbocycles. The lowest BCUT2D eigenvalue weighted by Crippen LogP contribution is -2.44. The smallest absolute Gasteiger partial charge is 0.260 e. The number of nitrogens with one attached hydrogen (secondary N) is 1. The number of likely N-dealkylation sites (N-methyl/N-ethyl adjacent to an activating group) is 1. The Bertz CT molecular complexity index is 1660. The van der Waals surface area contributed by atoms with Crippen molar-refractivity contribution in [3.8, 4) is 22.4 Å². The third-order valence-corrected chi connectivity index (χ3v) is 7.45. The summed E-state index contributed by atoms with van der Waals surface area (Å²) in [5.41, 5.74) is 6.22. The van der Waals surface area contributed by atoms with Crippen molar-refractivity contribution in [1.29, 1.82) is 0 Å². The van der Waals surface area contributed by atoms with Gasteiger partial charge in [-0.15, -0.1) is 0 Å². The number of hydrogen-bond acceptors (Lipinski definition) is 7. The number of rotatable bonds is 6. The van der Waals surface area contributed by atoms with Crippen LogP contribution in [-0.2, 0) is 13.6 Å². The Morgan fingerprint density at radius 1 is 0.897 bits per heavy atom. The molecule has 1 fully saturated rings. The zero-order chi connectivity index (χ0) is 26.9. The van der Waals surface area contributed by atoms with Crippen molar-refractivity contribution >= 4 is 28.4 Å². The monoisotopic (exact) mass is 520 g/mol. The van der Waals surface area contributed by atoms with Crippen LogP contribution in [0.5, 0.6) is 0 Å². The highest BCUT2D eigenvalue weighted by Gasteiger charge is 2.15. The van der Waals surface area contributed by atoms with Gasteiger partial charge in [0.2, 0.25) is 5.95 Å². The molecule has 0 atom stereocenters. The summed E-state index contributed by atoms with van der Waals surface area (Å²) >= 11 is 0. The Morgan fingerprint density at radius 2 is 1.62 bits per heavy atom. The molecule has 3 aromatic heterocycles. The van der Waals surface area contributed by atoms with Crippen molar-refractivity contribution in [1.82, 2.24) is 29.2 Å². The summed E-state index contributed by atoms with van der Waals surface area (Å²) in [6.07, 6.45) is 3.56. The van der Waals surface area contributed by atoms with Gasteiger partial charge in [0.25, 0.3) is 5.56 Å². The summed E-state index contributed by atoms with van der Waals surface area (Å²) in [5, 5.41) is 8.37. The maximum atomic E-state index is 13.5. The minimum absolute atomic E-state index is 0.0699. The SMILES string of the molecule is CCn1c(=O)c(-c2ccc(-c3ccnn3C)cc2)cc2cnc(Nc3ccc(N4CCN(C)CC4)cc3)nc21. The van der Waals surface area contributed by atoms with E-state index in [1.165, 1.54) is 5.69 Å². The zero-order valence-corrected chi connectivity index (χ0v) is 22.5. The summed E-state index contributed by atoms with van der Waals surface area (Å²) in [6.45, 7) is 6.67. The van der Waals surface area contributed by atoms with E-state index >= 15 is 0 Å². The van der Waals surface area contributed by atoms with Gasteiger partial charge in [-0.25, -0.2) is 4.98 Å². The summed E-state index contributed by atoms with van der Waals surface area (Å²) < 4.78 is 3.54. The maximum Gasteiger partial charge on any atom is 0.260 e. The third-order valence-electron chi connectivity index (χ3n) is 7.45. The van der Waals surface area contributed by atoms with E-state index in [0.29, 0.717) is 23.7 Å². The number of piperazine rings is 1. The molecule has 39 heavy (non-hydrogen) atoms. The average molecular weight is 521 g/mol. The van der Waals surface area contributed by atoms with Gasteiger partial charge in [0.1, 0.15) is 5.65 Å². The largest absolute Gasteiger partial charge is 0.369 e.